The van der Waals surface area contributed by atoms with E-state index >= 15 is 0 Å². The van der Waals surface area contributed by atoms with Crippen LogP contribution in [0, 0.1) is 5.82 Å². The zero-order chi connectivity index (χ0) is 16.8. The lowest BCUT2D eigenvalue weighted by Gasteiger charge is -2.36. The van der Waals surface area contributed by atoms with Crippen LogP contribution in [0.25, 0.3) is 0 Å². The fourth-order valence-corrected chi connectivity index (χ4v) is 2.86. The van der Waals surface area contributed by atoms with Gasteiger partial charge < -0.3 is 14.7 Å². The molecule has 0 aliphatic carbocycles. The van der Waals surface area contributed by atoms with Crippen LogP contribution >= 0.6 is 24.0 Å². The van der Waals surface area contributed by atoms with Crippen LogP contribution in [0.5, 0.6) is 0 Å². The fourth-order valence-electron chi connectivity index (χ4n) is 2.86. The molecular weight excluding hydrogens is 420 g/mol. The van der Waals surface area contributed by atoms with Gasteiger partial charge in [-0.05, 0) is 24.3 Å². The Bertz CT molecular complexity index is 500. The minimum absolute atomic E-state index is 0. The van der Waals surface area contributed by atoms with E-state index in [9.17, 15) is 4.39 Å². The van der Waals surface area contributed by atoms with Gasteiger partial charge in [0.2, 0.25) is 0 Å². The van der Waals surface area contributed by atoms with E-state index in [-0.39, 0.29) is 29.8 Å². The molecule has 0 atom stereocenters. The summed E-state index contributed by atoms with van der Waals surface area (Å²) in [4.78, 5) is 13.5. The second-order valence-electron chi connectivity index (χ2n) is 6.28. The van der Waals surface area contributed by atoms with Gasteiger partial charge in [-0.2, -0.15) is 0 Å². The maximum absolute atomic E-state index is 13.0. The van der Waals surface area contributed by atoms with Gasteiger partial charge in [-0.3, -0.25) is 9.89 Å². The van der Waals surface area contributed by atoms with Gasteiger partial charge in [0.15, 0.2) is 5.96 Å². The number of anilines is 1. The molecule has 5 nitrogen and oxygen atoms in total. The standard InChI is InChI=1S/C17H28FN5.HI/c1-20(2)17(21(3)4)19-9-10-22-11-13-23(14-12-22)16-7-5-15(18)6-8-16;/h5-8H,9-14H2,1-4H3;1H. The summed E-state index contributed by atoms with van der Waals surface area (Å²) in [5.41, 5.74) is 1.10. The molecule has 1 fully saturated rings. The summed E-state index contributed by atoms with van der Waals surface area (Å²) in [6.07, 6.45) is 0. The summed E-state index contributed by atoms with van der Waals surface area (Å²) >= 11 is 0. The number of hydrogen-bond donors (Lipinski definition) is 0. The summed E-state index contributed by atoms with van der Waals surface area (Å²) in [6.45, 7) is 5.77. The number of aliphatic imine (C=N–C) groups is 1. The normalized spacial score (nSPS) is 14.8. The minimum atomic E-state index is -0.178. The highest BCUT2D eigenvalue weighted by molar-refractivity contribution is 14.0. The van der Waals surface area contributed by atoms with Gasteiger partial charge in [0.25, 0.3) is 0 Å². The van der Waals surface area contributed by atoms with Gasteiger partial charge >= 0.3 is 0 Å². The molecule has 1 saturated heterocycles. The highest BCUT2D eigenvalue weighted by Crippen LogP contribution is 2.16. The van der Waals surface area contributed by atoms with Crippen molar-refractivity contribution in [2.24, 2.45) is 4.99 Å². The molecule has 24 heavy (non-hydrogen) atoms. The first-order valence-corrected chi connectivity index (χ1v) is 8.09. The first kappa shape index (κ1) is 21.0. The molecule has 136 valence electrons. The lowest BCUT2D eigenvalue weighted by Crippen LogP contribution is -2.47. The Morgan fingerprint density at radius 2 is 1.54 bits per heavy atom. The Morgan fingerprint density at radius 3 is 2.04 bits per heavy atom. The summed E-state index contributed by atoms with van der Waals surface area (Å²) in [7, 11) is 8.06. The van der Waals surface area contributed by atoms with Crippen LogP contribution in [-0.4, -0.2) is 88.1 Å². The van der Waals surface area contributed by atoms with Gasteiger partial charge in [0.1, 0.15) is 5.82 Å². The predicted octanol–water partition coefficient (Wildman–Crippen LogP) is 2.04. The van der Waals surface area contributed by atoms with Crippen LogP contribution in [0.2, 0.25) is 0 Å². The average Bonchev–Trinajstić information content (AvgIpc) is 2.52. The Hall–Kier alpha value is -1.09. The molecule has 1 heterocycles. The van der Waals surface area contributed by atoms with E-state index in [1.165, 1.54) is 12.1 Å². The lowest BCUT2D eigenvalue weighted by molar-refractivity contribution is 0.264. The number of benzene rings is 1. The summed E-state index contributed by atoms with van der Waals surface area (Å²) in [5.74, 6) is 0.817. The van der Waals surface area contributed by atoms with Gasteiger partial charge in [0, 0.05) is 66.6 Å². The van der Waals surface area contributed by atoms with E-state index in [4.69, 9.17) is 0 Å². The second-order valence-corrected chi connectivity index (χ2v) is 6.28. The van der Waals surface area contributed by atoms with Crippen molar-refractivity contribution in [3.8, 4) is 0 Å². The molecule has 0 amide bonds. The molecule has 0 radical (unpaired) electrons. The Balaban J connectivity index is 0.00000288. The minimum Gasteiger partial charge on any atom is -0.369 e. The van der Waals surface area contributed by atoms with E-state index in [2.05, 4.69) is 14.8 Å². The molecular formula is C17H29FIN5. The molecule has 0 N–H and O–H groups in total. The first-order chi connectivity index (χ1) is 11.0. The Morgan fingerprint density at radius 1 is 1.00 bits per heavy atom. The molecule has 1 aromatic carbocycles. The Labute approximate surface area is 162 Å². The van der Waals surface area contributed by atoms with E-state index in [1.807, 2.05) is 50.1 Å². The van der Waals surface area contributed by atoms with Gasteiger partial charge in [-0.25, -0.2) is 4.39 Å². The number of guanidine groups is 1. The van der Waals surface area contributed by atoms with E-state index < -0.39 is 0 Å². The SMILES string of the molecule is CN(C)C(=NCCN1CCN(c2ccc(F)cc2)CC1)N(C)C.I. The molecule has 0 aromatic heterocycles. The number of piperazine rings is 1. The van der Waals surface area contributed by atoms with Gasteiger partial charge in [-0.15, -0.1) is 24.0 Å². The van der Waals surface area contributed by atoms with Crippen molar-refractivity contribution in [1.82, 2.24) is 14.7 Å². The summed E-state index contributed by atoms with van der Waals surface area (Å²) < 4.78 is 13.0. The number of rotatable bonds is 4. The molecule has 7 heteroatoms. The number of hydrogen-bond acceptors (Lipinski definition) is 3. The molecule has 1 aliphatic heterocycles. The first-order valence-electron chi connectivity index (χ1n) is 8.09. The molecule has 1 aliphatic rings. The maximum atomic E-state index is 13.0. The van der Waals surface area contributed by atoms with E-state index in [1.54, 1.807) is 0 Å². The molecule has 0 unspecified atom stereocenters. The van der Waals surface area contributed by atoms with Crippen molar-refractivity contribution < 1.29 is 4.39 Å². The second kappa shape index (κ2) is 10.0. The van der Waals surface area contributed by atoms with Crippen LogP contribution in [0.1, 0.15) is 0 Å². The molecule has 2 rings (SSSR count). The van der Waals surface area contributed by atoms with Crippen LogP contribution in [0.15, 0.2) is 29.3 Å². The highest BCUT2D eigenvalue weighted by atomic mass is 127. The van der Waals surface area contributed by atoms with Gasteiger partial charge in [0.05, 0.1) is 6.54 Å². The van der Waals surface area contributed by atoms with Crippen LogP contribution < -0.4 is 4.90 Å². The van der Waals surface area contributed by atoms with E-state index in [0.29, 0.717) is 0 Å². The monoisotopic (exact) mass is 449 g/mol. The van der Waals surface area contributed by atoms with Crippen molar-refractivity contribution in [2.45, 2.75) is 0 Å². The van der Waals surface area contributed by atoms with Crippen molar-refractivity contribution >= 4 is 35.6 Å². The Kier molecular flexibility index (Phi) is 8.75. The topological polar surface area (TPSA) is 25.3 Å². The van der Waals surface area contributed by atoms with Crippen molar-refractivity contribution in [1.29, 1.82) is 0 Å². The lowest BCUT2D eigenvalue weighted by atomic mass is 10.2. The number of nitrogens with zero attached hydrogens (tertiary/aromatic N) is 5. The summed E-state index contributed by atoms with van der Waals surface area (Å²) in [6, 6.07) is 6.77. The third-order valence-corrected chi connectivity index (χ3v) is 4.03. The molecule has 1 aromatic rings. The average molecular weight is 449 g/mol. The van der Waals surface area contributed by atoms with Crippen molar-refractivity contribution in [3.05, 3.63) is 30.1 Å². The molecule has 0 saturated carbocycles. The number of halogens is 2. The zero-order valence-corrected chi connectivity index (χ0v) is 17.4. The van der Waals surface area contributed by atoms with Crippen molar-refractivity contribution in [3.63, 3.8) is 0 Å². The van der Waals surface area contributed by atoms with Crippen LogP contribution in [-0.2, 0) is 0 Å². The van der Waals surface area contributed by atoms with Crippen LogP contribution in [0.4, 0.5) is 10.1 Å². The third kappa shape index (κ3) is 6.08. The zero-order valence-electron chi connectivity index (χ0n) is 15.1. The summed E-state index contributed by atoms with van der Waals surface area (Å²) in [5, 5.41) is 0. The van der Waals surface area contributed by atoms with E-state index in [0.717, 1.165) is 50.9 Å². The van der Waals surface area contributed by atoms with Gasteiger partial charge in [-0.1, -0.05) is 0 Å². The molecule has 0 spiro atoms. The third-order valence-electron chi connectivity index (χ3n) is 4.03. The smallest absolute Gasteiger partial charge is 0.195 e. The largest absolute Gasteiger partial charge is 0.369 e. The maximum Gasteiger partial charge on any atom is 0.195 e. The fraction of sp³-hybridized carbons (Fsp3) is 0.588. The van der Waals surface area contributed by atoms with Crippen molar-refractivity contribution in [2.75, 3.05) is 72.4 Å². The molecule has 0 bridgehead atoms. The van der Waals surface area contributed by atoms with Crippen LogP contribution in [0.3, 0.4) is 0 Å². The predicted molar refractivity (Wildman–Crippen MR) is 110 cm³/mol. The highest BCUT2D eigenvalue weighted by Gasteiger charge is 2.17. The quantitative estimate of drug-likeness (QED) is 0.399.